The molecule has 0 unspecified atom stereocenters. The first kappa shape index (κ1) is 25.2. The van der Waals surface area contributed by atoms with Gasteiger partial charge in [-0.3, -0.25) is 9.69 Å². The van der Waals surface area contributed by atoms with Crippen molar-refractivity contribution in [2.45, 2.75) is 50.2 Å². The lowest BCUT2D eigenvalue weighted by molar-refractivity contribution is -0.122. The van der Waals surface area contributed by atoms with Gasteiger partial charge in [-0.25, -0.2) is 0 Å². The molecule has 6 heteroatoms. The molecule has 0 aromatic heterocycles. The molecule has 0 radical (unpaired) electrons. The minimum atomic E-state index is -0.875. The fourth-order valence-electron chi connectivity index (χ4n) is 4.98. The first-order chi connectivity index (χ1) is 16.7. The second-order valence-corrected chi connectivity index (χ2v) is 10.5. The molecule has 3 aromatic rings. The summed E-state index contributed by atoms with van der Waals surface area (Å²) in [5, 5.41) is 13.5. The van der Waals surface area contributed by atoms with Crippen LogP contribution in [0.5, 0.6) is 5.75 Å². The normalized spacial score (nSPS) is 15.1. The molecule has 1 heterocycles. The largest absolute Gasteiger partial charge is 0.506 e. The molecule has 1 aliphatic heterocycles. The molecule has 1 fully saturated rings. The number of nitrogens with zero attached hydrogens (tertiary/aromatic N) is 1. The van der Waals surface area contributed by atoms with Gasteiger partial charge in [0, 0.05) is 31.2 Å². The average Bonchev–Trinajstić information content (AvgIpc) is 2.82. The van der Waals surface area contributed by atoms with Gasteiger partial charge in [-0.1, -0.05) is 78.3 Å². The maximum absolute atomic E-state index is 13.1. The van der Waals surface area contributed by atoms with Gasteiger partial charge in [0.25, 0.3) is 0 Å². The predicted octanol–water partition coefficient (Wildman–Crippen LogP) is 4.85. The van der Waals surface area contributed by atoms with E-state index in [2.05, 4.69) is 24.1 Å². The molecular formula is C29H34ClN3O2. The Balaban J connectivity index is 1.42. The Hall–Kier alpha value is -2.86. The molecule has 1 amide bonds. The molecule has 4 N–H and O–H groups in total. The number of hydrogen-bond acceptors (Lipinski definition) is 4. The zero-order chi connectivity index (χ0) is 25.1. The molecule has 4 rings (SSSR count). The Labute approximate surface area is 212 Å². The lowest BCUT2D eigenvalue weighted by Crippen LogP contribution is -2.64. The molecule has 1 saturated heterocycles. The number of carbonyl (C=O) groups is 1. The van der Waals surface area contributed by atoms with E-state index in [-0.39, 0.29) is 17.2 Å². The third-order valence-corrected chi connectivity index (χ3v) is 7.71. The number of phenolic OH excluding ortho intramolecular Hbond substituents is 1. The maximum atomic E-state index is 13.1. The van der Waals surface area contributed by atoms with Gasteiger partial charge >= 0.3 is 0 Å². The van der Waals surface area contributed by atoms with Crippen LogP contribution in [0, 0.1) is 0 Å². The lowest BCUT2D eigenvalue weighted by atomic mass is 9.69. The molecule has 1 aliphatic rings. The second-order valence-electron chi connectivity index (χ2n) is 10.1. The van der Waals surface area contributed by atoms with Gasteiger partial charge in [0.15, 0.2) is 0 Å². The van der Waals surface area contributed by atoms with E-state index in [1.807, 2.05) is 66.7 Å². The Bertz CT molecular complexity index is 1110. The van der Waals surface area contributed by atoms with E-state index in [4.69, 9.17) is 17.3 Å². The molecule has 5 nitrogen and oxygen atoms in total. The molecule has 0 aliphatic carbocycles. The van der Waals surface area contributed by atoms with E-state index in [1.54, 1.807) is 12.1 Å². The van der Waals surface area contributed by atoms with Crippen molar-refractivity contribution in [1.29, 1.82) is 0 Å². The van der Waals surface area contributed by atoms with Crippen LogP contribution in [0.2, 0.25) is 5.02 Å². The topological polar surface area (TPSA) is 78.6 Å². The Morgan fingerprint density at radius 2 is 1.57 bits per heavy atom. The number of nitrogens with one attached hydrogen (secondary N) is 1. The average molecular weight is 492 g/mol. The van der Waals surface area contributed by atoms with Gasteiger partial charge in [0.1, 0.15) is 5.75 Å². The van der Waals surface area contributed by atoms with Gasteiger partial charge in [-0.15, -0.1) is 0 Å². The SMILES string of the molecule is CC(C)(CCC(C(N)=O)(c1ccccc1)c1ccccc1)N1CC(NCc2ccc(O)c(Cl)c2)C1. The quantitative estimate of drug-likeness (QED) is 0.379. The van der Waals surface area contributed by atoms with Crippen LogP contribution in [0.15, 0.2) is 78.9 Å². The molecule has 0 bridgehead atoms. The number of rotatable bonds is 10. The highest BCUT2D eigenvalue weighted by molar-refractivity contribution is 6.32. The Kier molecular flexibility index (Phi) is 7.50. The summed E-state index contributed by atoms with van der Waals surface area (Å²) < 4.78 is 0. The molecule has 0 atom stereocenters. The van der Waals surface area contributed by atoms with Crippen molar-refractivity contribution in [3.05, 3.63) is 101 Å². The Morgan fingerprint density at radius 1 is 1.00 bits per heavy atom. The van der Waals surface area contributed by atoms with Crippen molar-refractivity contribution < 1.29 is 9.90 Å². The van der Waals surface area contributed by atoms with Crippen molar-refractivity contribution in [2.24, 2.45) is 5.73 Å². The Morgan fingerprint density at radius 3 is 2.09 bits per heavy atom. The van der Waals surface area contributed by atoms with E-state index >= 15 is 0 Å². The number of nitrogens with two attached hydrogens (primary N) is 1. The number of carbonyl (C=O) groups excluding carboxylic acids is 1. The lowest BCUT2D eigenvalue weighted by Gasteiger charge is -2.50. The summed E-state index contributed by atoms with van der Waals surface area (Å²) in [5.74, 6) is -0.216. The first-order valence-electron chi connectivity index (χ1n) is 12.1. The number of hydrogen-bond donors (Lipinski definition) is 3. The molecule has 35 heavy (non-hydrogen) atoms. The van der Waals surface area contributed by atoms with Crippen molar-refractivity contribution in [3.63, 3.8) is 0 Å². The van der Waals surface area contributed by atoms with Crippen LogP contribution in [0.3, 0.4) is 0 Å². The molecule has 0 spiro atoms. The van der Waals surface area contributed by atoms with E-state index in [1.165, 1.54) is 0 Å². The summed E-state index contributed by atoms with van der Waals surface area (Å²) in [4.78, 5) is 15.5. The summed E-state index contributed by atoms with van der Waals surface area (Å²) in [5.41, 5.74) is 8.08. The summed E-state index contributed by atoms with van der Waals surface area (Å²) in [6, 6.07) is 25.5. The zero-order valence-electron chi connectivity index (χ0n) is 20.4. The maximum Gasteiger partial charge on any atom is 0.232 e. The van der Waals surface area contributed by atoms with Crippen LogP contribution in [0.4, 0.5) is 0 Å². The number of amides is 1. The van der Waals surface area contributed by atoms with Crippen LogP contribution >= 0.6 is 11.6 Å². The molecule has 0 saturated carbocycles. The fourth-order valence-corrected chi connectivity index (χ4v) is 5.19. The second kappa shape index (κ2) is 10.4. The fraction of sp³-hybridized carbons (Fsp3) is 0.345. The van der Waals surface area contributed by atoms with Crippen molar-refractivity contribution >= 4 is 17.5 Å². The van der Waals surface area contributed by atoms with Crippen LogP contribution in [0.25, 0.3) is 0 Å². The van der Waals surface area contributed by atoms with Crippen molar-refractivity contribution in [3.8, 4) is 5.75 Å². The molecular weight excluding hydrogens is 458 g/mol. The minimum absolute atomic E-state index is 0.0930. The molecule has 184 valence electrons. The van der Waals surface area contributed by atoms with Crippen LogP contribution < -0.4 is 11.1 Å². The summed E-state index contributed by atoms with van der Waals surface area (Å²) >= 11 is 6.02. The highest BCUT2D eigenvalue weighted by atomic mass is 35.5. The number of aromatic hydroxyl groups is 1. The summed E-state index contributed by atoms with van der Waals surface area (Å²) in [6.07, 6.45) is 1.45. The number of primary amides is 1. The van der Waals surface area contributed by atoms with E-state index in [0.29, 0.717) is 24.0 Å². The van der Waals surface area contributed by atoms with Gasteiger partial charge < -0.3 is 16.2 Å². The van der Waals surface area contributed by atoms with Gasteiger partial charge in [0.05, 0.1) is 10.4 Å². The molecule has 3 aromatic carbocycles. The van der Waals surface area contributed by atoms with Crippen LogP contribution in [-0.2, 0) is 16.8 Å². The van der Waals surface area contributed by atoms with Crippen molar-refractivity contribution in [1.82, 2.24) is 10.2 Å². The van der Waals surface area contributed by atoms with Crippen molar-refractivity contribution in [2.75, 3.05) is 13.1 Å². The van der Waals surface area contributed by atoms with Gasteiger partial charge in [-0.05, 0) is 55.5 Å². The highest BCUT2D eigenvalue weighted by Gasteiger charge is 2.44. The third-order valence-electron chi connectivity index (χ3n) is 7.41. The van der Waals surface area contributed by atoms with E-state index in [9.17, 15) is 9.90 Å². The van der Waals surface area contributed by atoms with Crippen LogP contribution in [-0.4, -0.2) is 40.6 Å². The van der Waals surface area contributed by atoms with E-state index in [0.717, 1.165) is 36.2 Å². The smallest absolute Gasteiger partial charge is 0.232 e. The number of phenols is 1. The third kappa shape index (κ3) is 5.37. The summed E-state index contributed by atoms with van der Waals surface area (Å²) in [7, 11) is 0. The zero-order valence-corrected chi connectivity index (χ0v) is 21.1. The minimum Gasteiger partial charge on any atom is -0.506 e. The van der Waals surface area contributed by atoms with Crippen LogP contribution in [0.1, 0.15) is 43.4 Å². The first-order valence-corrected chi connectivity index (χ1v) is 12.5. The number of benzene rings is 3. The van der Waals surface area contributed by atoms with E-state index < -0.39 is 5.41 Å². The highest BCUT2D eigenvalue weighted by Crippen LogP contribution is 2.40. The number of halogens is 1. The predicted molar refractivity (Wildman–Crippen MR) is 141 cm³/mol. The van der Waals surface area contributed by atoms with Gasteiger partial charge in [-0.2, -0.15) is 0 Å². The monoisotopic (exact) mass is 491 g/mol. The summed E-state index contributed by atoms with van der Waals surface area (Å²) in [6.45, 7) is 7.04. The van der Waals surface area contributed by atoms with Gasteiger partial charge in [0.2, 0.25) is 5.91 Å². The number of likely N-dealkylation sites (tertiary alicyclic amines) is 1. The standard InChI is InChI=1S/C29H34ClN3O2/c1-28(2,33-19-24(20-33)32-18-21-13-14-26(34)25(30)17-21)15-16-29(27(31)35,22-9-5-3-6-10-22)23-11-7-4-8-12-23/h3-14,17,24,32,34H,15-16,18-20H2,1-2H3,(H2,31,35).